The highest BCUT2D eigenvalue weighted by Gasteiger charge is 2.11. The summed E-state index contributed by atoms with van der Waals surface area (Å²) in [6.07, 6.45) is 3.27. The molecular formula is C9H12N4O2S. The first-order chi connectivity index (χ1) is 7.74. The van der Waals surface area contributed by atoms with Gasteiger partial charge < -0.3 is 15.2 Å². The van der Waals surface area contributed by atoms with Crippen molar-refractivity contribution in [2.75, 3.05) is 6.61 Å². The molecule has 0 bridgehead atoms. The van der Waals surface area contributed by atoms with E-state index < -0.39 is 6.23 Å². The van der Waals surface area contributed by atoms with Crippen LogP contribution in [-0.2, 0) is 0 Å². The molecule has 2 heterocycles. The van der Waals surface area contributed by atoms with Crippen LogP contribution >= 0.6 is 12.2 Å². The molecule has 6 nitrogen and oxygen atoms in total. The Hall–Kier alpha value is -1.31. The molecule has 0 fully saturated rings. The van der Waals surface area contributed by atoms with Crippen LogP contribution in [0, 0.1) is 4.64 Å². The molecule has 0 aliphatic heterocycles. The van der Waals surface area contributed by atoms with E-state index >= 15 is 0 Å². The maximum atomic E-state index is 9.87. The Kier molecular flexibility index (Phi) is 3.28. The van der Waals surface area contributed by atoms with E-state index in [4.69, 9.17) is 17.3 Å². The van der Waals surface area contributed by atoms with E-state index in [9.17, 15) is 5.11 Å². The Morgan fingerprint density at radius 3 is 3.06 bits per heavy atom. The van der Waals surface area contributed by atoms with Crippen LogP contribution in [0.2, 0.25) is 0 Å². The average molecular weight is 240 g/mol. The van der Waals surface area contributed by atoms with Gasteiger partial charge in [-0.3, -0.25) is 4.57 Å². The molecule has 0 aliphatic rings. The molecule has 7 heteroatoms. The number of rotatable bonds is 4. The van der Waals surface area contributed by atoms with Crippen LogP contribution in [-0.4, -0.2) is 36.3 Å². The van der Waals surface area contributed by atoms with Gasteiger partial charge in [0.05, 0.1) is 12.7 Å². The summed E-state index contributed by atoms with van der Waals surface area (Å²) in [6.45, 7) is 0.0568. The number of hydrogen-bond acceptors (Lipinski definition) is 5. The molecule has 1 unspecified atom stereocenters. The van der Waals surface area contributed by atoms with Gasteiger partial charge >= 0.3 is 0 Å². The normalized spacial score (nSPS) is 13.1. The van der Waals surface area contributed by atoms with Crippen LogP contribution in [0.1, 0.15) is 19.1 Å². The molecule has 0 saturated heterocycles. The Morgan fingerprint density at radius 2 is 2.31 bits per heavy atom. The average Bonchev–Trinajstić information content (AvgIpc) is 2.71. The molecule has 2 aromatic heterocycles. The van der Waals surface area contributed by atoms with Crippen molar-refractivity contribution in [3.63, 3.8) is 0 Å². The predicted octanol–water partition coefficient (Wildman–Crippen LogP) is 0.752. The molecule has 2 rings (SSSR count). The number of aliphatic hydroxyl groups is 2. The smallest absolute Gasteiger partial charge is 0.157 e. The van der Waals surface area contributed by atoms with Crippen molar-refractivity contribution >= 4 is 23.4 Å². The Balaban J connectivity index is 2.38. The van der Waals surface area contributed by atoms with Crippen molar-refractivity contribution in [1.82, 2.24) is 19.5 Å². The fourth-order valence-corrected chi connectivity index (χ4v) is 1.71. The standard InChI is InChI=1S/C9H12N4O2S/c14-3-1-2-6(15)13-5-12-7-8(13)10-4-11-9(7)16/h4-6,14-15H,1-3H2,(H,10,11,16). The van der Waals surface area contributed by atoms with Crippen LogP contribution in [0.4, 0.5) is 0 Å². The van der Waals surface area contributed by atoms with Crippen LogP contribution in [0.3, 0.4) is 0 Å². The SMILES string of the molecule is OCCCC(O)n1cnc2c(=S)nc[nH]c21. The second-order valence-electron chi connectivity index (χ2n) is 3.40. The number of nitrogens with one attached hydrogen (secondary N) is 1. The van der Waals surface area contributed by atoms with Crippen LogP contribution < -0.4 is 0 Å². The largest absolute Gasteiger partial charge is 0.396 e. The van der Waals surface area contributed by atoms with Gasteiger partial charge in [-0.2, -0.15) is 0 Å². The number of imidazole rings is 1. The van der Waals surface area contributed by atoms with Gasteiger partial charge in [-0.15, -0.1) is 0 Å². The maximum Gasteiger partial charge on any atom is 0.157 e. The number of aromatic nitrogens is 4. The summed E-state index contributed by atoms with van der Waals surface area (Å²) in [5, 5.41) is 18.6. The van der Waals surface area contributed by atoms with Gasteiger partial charge in [-0.1, -0.05) is 12.2 Å². The van der Waals surface area contributed by atoms with Crippen molar-refractivity contribution in [1.29, 1.82) is 0 Å². The molecule has 1 atom stereocenters. The van der Waals surface area contributed by atoms with E-state index in [1.165, 1.54) is 12.7 Å². The van der Waals surface area contributed by atoms with Crippen LogP contribution in [0.5, 0.6) is 0 Å². The third-order valence-electron chi connectivity index (χ3n) is 2.32. The Morgan fingerprint density at radius 1 is 1.50 bits per heavy atom. The highest BCUT2D eigenvalue weighted by atomic mass is 32.1. The summed E-state index contributed by atoms with van der Waals surface area (Å²) in [6, 6.07) is 0. The lowest BCUT2D eigenvalue weighted by molar-refractivity contribution is 0.0885. The number of fused-ring (bicyclic) bond motifs is 1. The van der Waals surface area contributed by atoms with Gasteiger partial charge in [0.1, 0.15) is 17.4 Å². The zero-order valence-corrected chi connectivity index (χ0v) is 9.31. The van der Waals surface area contributed by atoms with E-state index in [2.05, 4.69) is 15.0 Å². The Bertz CT molecular complexity index is 536. The van der Waals surface area contributed by atoms with Gasteiger partial charge in [-0.25, -0.2) is 9.97 Å². The second kappa shape index (κ2) is 4.69. The zero-order valence-electron chi connectivity index (χ0n) is 8.50. The first kappa shape index (κ1) is 11.2. The predicted molar refractivity (Wildman–Crippen MR) is 60.3 cm³/mol. The van der Waals surface area contributed by atoms with Crippen molar-refractivity contribution in [3.05, 3.63) is 17.3 Å². The first-order valence-corrected chi connectivity index (χ1v) is 5.34. The maximum absolute atomic E-state index is 9.87. The number of hydrogen-bond donors (Lipinski definition) is 3. The highest BCUT2D eigenvalue weighted by molar-refractivity contribution is 7.71. The molecule has 2 aromatic rings. The molecule has 0 aliphatic carbocycles. The van der Waals surface area contributed by atoms with Gasteiger partial charge in [0.2, 0.25) is 0 Å². The van der Waals surface area contributed by atoms with Gasteiger partial charge in [0.15, 0.2) is 4.64 Å². The van der Waals surface area contributed by atoms with Gasteiger partial charge in [0, 0.05) is 6.61 Å². The highest BCUT2D eigenvalue weighted by Crippen LogP contribution is 2.17. The fraction of sp³-hybridized carbons (Fsp3) is 0.444. The van der Waals surface area contributed by atoms with E-state index in [0.717, 1.165) is 0 Å². The van der Waals surface area contributed by atoms with Crippen molar-refractivity contribution in [3.8, 4) is 0 Å². The lowest BCUT2D eigenvalue weighted by Crippen LogP contribution is -2.08. The van der Waals surface area contributed by atoms with Crippen molar-refractivity contribution < 1.29 is 10.2 Å². The van der Waals surface area contributed by atoms with E-state index in [-0.39, 0.29) is 6.61 Å². The lowest BCUT2D eigenvalue weighted by Gasteiger charge is -2.11. The topological polar surface area (TPSA) is 87.0 Å². The monoisotopic (exact) mass is 240 g/mol. The Labute approximate surface area is 96.6 Å². The van der Waals surface area contributed by atoms with Crippen molar-refractivity contribution in [2.45, 2.75) is 19.1 Å². The minimum Gasteiger partial charge on any atom is -0.396 e. The molecule has 0 saturated carbocycles. The van der Waals surface area contributed by atoms with Crippen LogP contribution in [0.25, 0.3) is 11.2 Å². The fourth-order valence-electron chi connectivity index (χ4n) is 1.51. The summed E-state index contributed by atoms with van der Waals surface area (Å²) in [7, 11) is 0. The second-order valence-corrected chi connectivity index (χ2v) is 3.79. The quantitative estimate of drug-likeness (QED) is 0.686. The van der Waals surface area contributed by atoms with E-state index in [1.54, 1.807) is 4.57 Å². The van der Waals surface area contributed by atoms with E-state index in [1.807, 2.05) is 0 Å². The molecule has 0 amide bonds. The lowest BCUT2D eigenvalue weighted by atomic mass is 10.3. The summed E-state index contributed by atoms with van der Waals surface area (Å²) < 4.78 is 1.99. The molecule has 0 spiro atoms. The number of H-pyrrole nitrogens is 1. The first-order valence-electron chi connectivity index (χ1n) is 4.93. The van der Waals surface area contributed by atoms with Gasteiger partial charge in [-0.05, 0) is 12.8 Å². The summed E-state index contributed by atoms with van der Waals surface area (Å²) >= 11 is 5.01. The number of aromatic amines is 1. The number of nitrogens with zero attached hydrogens (tertiary/aromatic N) is 3. The minimum atomic E-state index is -0.717. The number of aliphatic hydroxyl groups excluding tert-OH is 2. The third-order valence-corrected chi connectivity index (χ3v) is 2.62. The summed E-state index contributed by atoms with van der Waals surface area (Å²) in [5.41, 5.74) is 1.21. The molecule has 86 valence electrons. The molecular weight excluding hydrogens is 228 g/mol. The minimum absolute atomic E-state index is 0.0568. The van der Waals surface area contributed by atoms with E-state index in [0.29, 0.717) is 28.6 Å². The molecule has 16 heavy (non-hydrogen) atoms. The molecule has 3 N–H and O–H groups in total. The zero-order chi connectivity index (χ0) is 11.5. The molecule has 0 radical (unpaired) electrons. The molecule has 0 aromatic carbocycles. The van der Waals surface area contributed by atoms with Gasteiger partial charge in [0.25, 0.3) is 0 Å². The van der Waals surface area contributed by atoms with Crippen molar-refractivity contribution in [2.24, 2.45) is 0 Å². The summed E-state index contributed by atoms with van der Waals surface area (Å²) in [5.74, 6) is 0. The summed E-state index contributed by atoms with van der Waals surface area (Å²) in [4.78, 5) is 10.9. The third kappa shape index (κ3) is 1.97. The van der Waals surface area contributed by atoms with Crippen LogP contribution in [0.15, 0.2) is 12.7 Å².